The molecule has 3 rings (SSSR count). The highest BCUT2D eigenvalue weighted by Crippen LogP contribution is 2.25. The summed E-state index contributed by atoms with van der Waals surface area (Å²) < 4.78 is 27.6. The third-order valence-electron chi connectivity index (χ3n) is 3.52. The predicted molar refractivity (Wildman–Crippen MR) is 90.7 cm³/mol. The van der Waals surface area contributed by atoms with Crippen LogP contribution >= 0.6 is 0 Å². The fraction of sp³-hybridized carbons (Fsp3) is 0.0588. The maximum atomic E-state index is 12.6. The molecule has 0 saturated carbocycles. The van der Waals surface area contributed by atoms with Gasteiger partial charge in [0.1, 0.15) is 11.0 Å². The highest BCUT2D eigenvalue weighted by Gasteiger charge is 2.18. The summed E-state index contributed by atoms with van der Waals surface area (Å²) in [4.78, 5) is 7.18. The van der Waals surface area contributed by atoms with Crippen LogP contribution in [0.2, 0.25) is 0 Å². The molecule has 6 nitrogen and oxygen atoms in total. The van der Waals surface area contributed by atoms with Gasteiger partial charge in [0.25, 0.3) is 10.0 Å². The molecule has 120 valence electrons. The summed E-state index contributed by atoms with van der Waals surface area (Å²) in [6.45, 7) is 1.89. The van der Waals surface area contributed by atoms with Gasteiger partial charge in [-0.05, 0) is 31.2 Å². The zero-order chi connectivity index (χ0) is 17.2. The topological polar surface area (TPSA) is 98.6 Å². The average Bonchev–Trinajstić information content (AvgIpc) is 3.01. The Labute approximate surface area is 139 Å². The van der Waals surface area contributed by atoms with Crippen molar-refractivity contribution in [3.05, 3.63) is 66.1 Å². The summed E-state index contributed by atoms with van der Waals surface area (Å²) in [6, 6.07) is 14.9. The van der Waals surface area contributed by atoms with E-state index in [1.807, 2.05) is 19.1 Å². The van der Waals surface area contributed by atoms with Crippen molar-refractivity contribution in [2.75, 3.05) is 4.72 Å². The van der Waals surface area contributed by atoms with Gasteiger partial charge in [0.2, 0.25) is 0 Å². The van der Waals surface area contributed by atoms with Crippen molar-refractivity contribution in [1.82, 2.24) is 9.97 Å². The van der Waals surface area contributed by atoms with Crippen LogP contribution in [0.25, 0.3) is 11.3 Å². The minimum Gasteiger partial charge on any atom is -0.348 e. The number of aromatic nitrogens is 2. The van der Waals surface area contributed by atoms with Crippen LogP contribution in [0.4, 0.5) is 5.69 Å². The average molecular weight is 338 g/mol. The molecule has 2 aromatic carbocycles. The summed E-state index contributed by atoms with van der Waals surface area (Å²) in [6.07, 6.45) is 1.59. The molecule has 0 aliphatic carbocycles. The van der Waals surface area contributed by atoms with Gasteiger partial charge in [-0.1, -0.05) is 24.3 Å². The number of H-pyrrole nitrogens is 1. The van der Waals surface area contributed by atoms with E-state index >= 15 is 0 Å². The van der Waals surface area contributed by atoms with Crippen LogP contribution in [0.15, 0.2) is 59.8 Å². The smallest absolute Gasteiger partial charge is 0.263 e. The maximum absolute atomic E-state index is 12.6. The Morgan fingerprint density at radius 3 is 2.67 bits per heavy atom. The third kappa shape index (κ3) is 3.00. The van der Waals surface area contributed by atoms with E-state index < -0.39 is 10.0 Å². The number of rotatable bonds is 4. The van der Waals surface area contributed by atoms with Crippen molar-refractivity contribution < 1.29 is 8.42 Å². The van der Waals surface area contributed by atoms with Crippen LogP contribution in [0.5, 0.6) is 0 Å². The second-order valence-corrected chi connectivity index (χ2v) is 6.82. The fourth-order valence-electron chi connectivity index (χ4n) is 2.38. The molecule has 0 aliphatic heterocycles. The van der Waals surface area contributed by atoms with E-state index in [1.54, 1.807) is 36.7 Å². The Kier molecular flexibility index (Phi) is 4.06. The number of nitriles is 1. The van der Waals surface area contributed by atoms with E-state index in [-0.39, 0.29) is 10.5 Å². The van der Waals surface area contributed by atoms with Crippen molar-refractivity contribution in [3.63, 3.8) is 0 Å². The van der Waals surface area contributed by atoms with E-state index in [1.165, 1.54) is 12.1 Å². The molecule has 0 unspecified atom stereocenters. The lowest BCUT2D eigenvalue weighted by Crippen LogP contribution is -2.14. The molecular weight excluding hydrogens is 324 g/mol. The van der Waals surface area contributed by atoms with Crippen molar-refractivity contribution in [1.29, 1.82) is 5.26 Å². The first-order valence-electron chi connectivity index (χ1n) is 7.13. The van der Waals surface area contributed by atoms with Crippen LogP contribution in [0, 0.1) is 18.3 Å². The fourth-order valence-corrected chi connectivity index (χ4v) is 3.59. The van der Waals surface area contributed by atoms with Crippen molar-refractivity contribution >= 4 is 15.7 Å². The summed E-state index contributed by atoms with van der Waals surface area (Å²) in [5, 5.41) is 9.09. The molecule has 0 aliphatic rings. The summed E-state index contributed by atoms with van der Waals surface area (Å²) in [5.41, 5.74) is 2.95. The SMILES string of the molecule is Cc1[nH]cnc1-c1cccc(NS(=O)(=O)c2ccccc2C#N)c1. The first kappa shape index (κ1) is 15.8. The molecule has 0 spiro atoms. The number of hydrogen-bond acceptors (Lipinski definition) is 4. The van der Waals surface area contributed by atoms with Gasteiger partial charge in [0.15, 0.2) is 0 Å². The van der Waals surface area contributed by atoms with Gasteiger partial charge >= 0.3 is 0 Å². The molecule has 0 radical (unpaired) electrons. The van der Waals surface area contributed by atoms with E-state index in [2.05, 4.69) is 14.7 Å². The summed E-state index contributed by atoms with van der Waals surface area (Å²) in [5.74, 6) is 0. The Bertz CT molecular complexity index is 1030. The van der Waals surface area contributed by atoms with E-state index in [0.717, 1.165) is 17.0 Å². The van der Waals surface area contributed by atoms with Gasteiger partial charge < -0.3 is 4.98 Å². The van der Waals surface area contributed by atoms with Crippen LogP contribution in [0.3, 0.4) is 0 Å². The molecule has 2 N–H and O–H groups in total. The van der Waals surface area contributed by atoms with Gasteiger partial charge in [-0.15, -0.1) is 0 Å². The number of imidazole rings is 1. The molecule has 24 heavy (non-hydrogen) atoms. The molecule has 0 saturated heterocycles. The first-order valence-corrected chi connectivity index (χ1v) is 8.62. The maximum Gasteiger partial charge on any atom is 0.263 e. The second kappa shape index (κ2) is 6.18. The molecule has 0 atom stereocenters. The highest BCUT2D eigenvalue weighted by atomic mass is 32.2. The van der Waals surface area contributed by atoms with Gasteiger partial charge in [0.05, 0.1) is 17.6 Å². The largest absolute Gasteiger partial charge is 0.348 e. The molecule has 0 amide bonds. The van der Waals surface area contributed by atoms with Crippen molar-refractivity contribution in [2.45, 2.75) is 11.8 Å². The van der Waals surface area contributed by atoms with E-state index in [9.17, 15) is 8.42 Å². The van der Waals surface area contributed by atoms with E-state index in [4.69, 9.17) is 5.26 Å². The predicted octanol–water partition coefficient (Wildman–Crippen LogP) is 3.06. The lowest BCUT2D eigenvalue weighted by molar-refractivity contribution is 0.601. The first-order chi connectivity index (χ1) is 11.5. The number of hydrogen-bond donors (Lipinski definition) is 2. The Balaban J connectivity index is 1.97. The van der Waals surface area contributed by atoms with Gasteiger partial charge in [-0.2, -0.15) is 5.26 Å². The van der Waals surface area contributed by atoms with Crippen molar-refractivity contribution in [3.8, 4) is 17.3 Å². The number of sulfonamides is 1. The number of anilines is 1. The Morgan fingerprint density at radius 2 is 1.96 bits per heavy atom. The van der Waals surface area contributed by atoms with Crippen LogP contribution in [-0.2, 0) is 10.0 Å². The summed E-state index contributed by atoms with van der Waals surface area (Å²) in [7, 11) is -3.85. The Hall–Kier alpha value is -3.11. The number of aryl methyl sites for hydroxylation is 1. The highest BCUT2D eigenvalue weighted by molar-refractivity contribution is 7.92. The van der Waals surface area contributed by atoms with Gasteiger partial charge in [0, 0.05) is 16.9 Å². The minimum absolute atomic E-state index is 0.0474. The zero-order valence-electron chi connectivity index (χ0n) is 12.8. The standard InChI is InChI=1S/C17H14N4O2S/c1-12-17(20-11-19-12)13-6-4-7-15(9-13)21-24(22,23)16-8-3-2-5-14(16)10-18/h2-9,11,21H,1H3,(H,19,20). The van der Waals surface area contributed by atoms with E-state index in [0.29, 0.717) is 5.69 Å². The van der Waals surface area contributed by atoms with Crippen LogP contribution < -0.4 is 4.72 Å². The van der Waals surface area contributed by atoms with Gasteiger partial charge in [-0.3, -0.25) is 4.72 Å². The monoisotopic (exact) mass is 338 g/mol. The molecule has 1 aromatic heterocycles. The number of benzene rings is 2. The second-order valence-electron chi connectivity index (χ2n) is 5.17. The van der Waals surface area contributed by atoms with Crippen LogP contribution in [0.1, 0.15) is 11.3 Å². The minimum atomic E-state index is -3.85. The van der Waals surface area contributed by atoms with Crippen LogP contribution in [-0.4, -0.2) is 18.4 Å². The Morgan fingerprint density at radius 1 is 1.17 bits per heavy atom. The number of nitrogens with zero attached hydrogens (tertiary/aromatic N) is 2. The molecule has 1 heterocycles. The quantitative estimate of drug-likeness (QED) is 0.763. The molecule has 0 bridgehead atoms. The summed E-state index contributed by atoms with van der Waals surface area (Å²) >= 11 is 0. The number of aromatic amines is 1. The lowest BCUT2D eigenvalue weighted by Gasteiger charge is -2.10. The molecule has 7 heteroatoms. The molecule has 3 aromatic rings. The van der Waals surface area contributed by atoms with Crippen molar-refractivity contribution in [2.24, 2.45) is 0 Å². The normalized spacial score (nSPS) is 11.0. The number of nitrogens with one attached hydrogen (secondary N) is 2. The molecular formula is C17H14N4O2S. The van der Waals surface area contributed by atoms with Gasteiger partial charge in [-0.25, -0.2) is 13.4 Å². The third-order valence-corrected chi connectivity index (χ3v) is 4.95. The lowest BCUT2D eigenvalue weighted by atomic mass is 10.1. The molecule has 0 fully saturated rings. The zero-order valence-corrected chi connectivity index (χ0v) is 13.6.